The average molecular weight is 358 g/mol. The number of nitrogens with zero attached hydrogens (tertiary/aromatic N) is 4. The van der Waals surface area contributed by atoms with Crippen LogP contribution in [0, 0.1) is 0 Å². The van der Waals surface area contributed by atoms with Gasteiger partial charge < -0.3 is 0 Å². The minimum absolute atomic E-state index is 0.0676. The van der Waals surface area contributed by atoms with Crippen molar-refractivity contribution >= 4 is 39.1 Å². The van der Waals surface area contributed by atoms with Crippen LogP contribution in [0.15, 0.2) is 58.1 Å². The van der Waals surface area contributed by atoms with Gasteiger partial charge >= 0.3 is 0 Å². The molecular formula is C15H12BrN5O. The van der Waals surface area contributed by atoms with Crippen LogP contribution in [0.3, 0.4) is 0 Å². The first-order valence-electron chi connectivity index (χ1n) is 6.58. The Hall–Kier alpha value is -2.54. The van der Waals surface area contributed by atoms with Gasteiger partial charge in [0.1, 0.15) is 12.1 Å². The van der Waals surface area contributed by atoms with Gasteiger partial charge in [0.05, 0.1) is 11.7 Å². The standard InChI is InChI=1S/C15H12BrN5O/c16-12-7-5-11(6-8-12)9-17-19-15(22)10-21-14-4-2-1-3-13(14)18-20-21/h1-9H,10H2,(H,19,22)/b17-9+. The Balaban J connectivity index is 1.62. The lowest BCUT2D eigenvalue weighted by molar-refractivity contribution is -0.121. The van der Waals surface area contributed by atoms with Crippen molar-refractivity contribution in [3.05, 3.63) is 58.6 Å². The number of nitrogens with one attached hydrogen (secondary N) is 1. The fraction of sp³-hybridized carbons (Fsp3) is 0.0667. The van der Waals surface area contributed by atoms with Gasteiger partial charge in [-0.25, -0.2) is 10.1 Å². The van der Waals surface area contributed by atoms with Crippen molar-refractivity contribution in [3.8, 4) is 0 Å². The molecule has 0 saturated carbocycles. The highest BCUT2D eigenvalue weighted by Crippen LogP contribution is 2.10. The monoisotopic (exact) mass is 357 g/mol. The maximum atomic E-state index is 11.9. The molecule has 22 heavy (non-hydrogen) atoms. The fourth-order valence-corrected chi connectivity index (χ4v) is 2.20. The lowest BCUT2D eigenvalue weighted by Gasteiger charge is -2.01. The second kappa shape index (κ2) is 6.48. The Kier molecular flexibility index (Phi) is 4.24. The third-order valence-corrected chi connectivity index (χ3v) is 3.52. The van der Waals surface area contributed by atoms with E-state index in [0.717, 1.165) is 21.1 Å². The minimum Gasteiger partial charge on any atom is -0.271 e. The number of aromatic nitrogens is 3. The quantitative estimate of drug-likeness (QED) is 0.575. The molecule has 1 heterocycles. The van der Waals surface area contributed by atoms with Crippen LogP contribution in [-0.2, 0) is 11.3 Å². The Labute approximate surface area is 135 Å². The van der Waals surface area contributed by atoms with E-state index < -0.39 is 0 Å². The van der Waals surface area contributed by atoms with Crippen molar-refractivity contribution in [2.75, 3.05) is 0 Å². The molecule has 0 atom stereocenters. The lowest BCUT2D eigenvalue weighted by atomic mass is 10.2. The molecule has 0 bridgehead atoms. The first kappa shape index (κ1) is 14.4. The van der Waals surface area contributed by atoms with Crippen molar-refractivity contribution in [2.45, 2.75) is 6.54 Å². The van der Waals surface area contributed by atoms with Crippen LogP contribution in [0.5, 0.6) is 0 Å². The molecule has 110 valence electrons. The summed E-state index contributed by atoms with van der Waals surface area (Å²) in [5, 5.41) is 11.9. The molecule has 1 aromatic heterocycles. The maximum absolute atomic E-state index is 11.9. The van der Waals surface area contributed by atoms with Gasteiger partial charge in [-0.1, -0.05) is 45.4 Å². The van der Waals surface area contributed by atoms with E-state index in [4.69, 9.17) is 0 Å². The van der Waals surface area contributed by atoms with Crippen molar-refractivity contribution in [1.82, 2.24) is 20.4 Å². The average Bonchev–Trinajstić information content (AvgIpc) is 2.93. The molecule has 0 fully saturated rings. The molecular weight excluding hydrogens is 346 g/mol. The van der Waals surface area contributed by atoms with Gasteiger partial charge in [-0.3, -0.25) is 4.79 Å². The number of carbonyl (C=O) groups excluding carboxylic acids is 1. The molecule has 3 aromatic rings. The van der Waals surface area contributed by atoms with Crippen LogP contribution < -0.4 is 5.43 Å². The van der Waals surface area contributed by atoms with E-state index in [0.29, 0.717) is 0 Å². The van der Waals surface area contributed by atoms with Crippen LogP contribution in [-0.4, -0.2) is 27.1 Å². The van der Waals surface area contributed by atoms with Gasteiger partial charge in [0.15, 0.2) is 0 Å². The largest absolute Gasteiger partial charge is 0.271 e. The number of amides is 1. The highest BCUT2D eigenvalue weighted by atomic mass is 79.9. The first-order chi connectivity index (χ1) is 10.7. The molecule has 0 aliphatic carbocycles. The van der Waals surface area contributed by atoms with E-state index >= 15 is 0 Å². The third kappa shape index (κ3) is 3.37. The zero-order chi connectivity index (χ0) is 15.4. The number of benzene rings is 2. The molecule has 2 aromatic carbocycles. The summed E-state index contributed by atoms with van der Waals surface area (Å²) in [6.45, 7) is 0.0676. The van der Waals surface area contributed by atoms with Gasteiger partial charge in [-0.15, -0.1) is 5.10 Å². The van der Waals surface area contributed by atoms with Gasteiger partial charge in [0.2, 0.25) is 0 Å². The van der Waals surface area contributed by atoms with Crippen LogP contribution in [0.1, 0.15) is 5.56 Å². The number of rotatable bonds is 4. The van der Waals surface area contributed by atoms with Crippen LogP contribution >= 0.6 is 15.9 Å². The summed E-state index contributed by atoms with van der Waals surface area (Å²) in [7, 11) is 0. The maximum Gasteiger partial charge on any atom is 0.261 e. The number of hydrogen-bond acceptors (Lipinski definition) is 4. The topological polar surface area (TPSA) is 72.2 Å². The van der Waals surface area contributed by atoms with Crippen LogP contribution in [0.2, 0.25) is 0 Å². The Bertz CT molecular complexity index is 825. The Morgan fingerprint density at radius 3 is 2.82 bits per heavy atom. The number of para-hydroxylation sites is 1. The smallest absolute Gasteiger partial charge is 0.261 e. The number of hydrogen-bond donors (Lipinski definition) is 1. The summed E-state index contributed by atoms with van der Waals surface area (Å²) in [6.07, 6.45) is 1.59. The van der Waals surface area contributed by atoms with Gasteiger partial charge in [-0.2, -0.15) is 5.10 Å². The molecule has 0 aliphatic rings. The van der Waals surface area contributed by atoms with Crippen molar-refractivity contribution in [1.29, 1.82) is 0 Å². The molecule has 0 radical (unpaired) electrons. The molecule has 1 N–H and O–H groups in total. The first-order valence-corrected chi connectivity index (χ1v) is 7.37. The third-order valence-electron chi connectivity index (χ3n) is 2.99. The SMILES string of the molecule is O=C(Cn1nnc2ccccc21)N/N=C/c1ccc(Br)cc1. The van der Waals surface area contributed by atoms with Crippen molar-refractivity contribution in [2.24, 2.45) is 5.10 Å². The van der Waals surface area contributed by atoms with Crippen LogP contribution in [0.25, 0.3) is 11.0 Å². The van der Waals surface area contributed by atoms with E-state index in [1.54, 1.807) is 10.9 Å². The molecule has 0 unspecified atom stereocenters. The van der Waals surface area contributed by atoms with E-state index in [-0.39, 0.29) is 12.5 Å². The summed E-state index contributed by atoms with van der Waals surface area (Å²) in [5.74, 6) is -0.260. The van der Waals surface area contributed by atoms with Crippen molar-refractivity contribution in [3.63, 3.8) is 0 Å². The highest BCUT2D eigenvalue weighted by Gasteiger charge is 2.07. The van der Waals surface area contributed by atoms with Crippen LogP contribution in [0.4, 0.5) is 0 Å². The van der Waals surface area contributed by atoms with Gasteiger partial charge in [0, 0.05) is 4.47 Å². The second-order valence-corrected chi connectivity index (χ2v) is 5.50. The summed E-state index contributed by atoms with van der Waals surface area (Å²) in [4.78, 5) is 11.9. The zero-order valence-corrected chi connectivity index (χ0v) is 13.1. The molecule has 6 nitrogen and oxygen atoms in total. The molecule has 1 amide bonds. The molecule has 3 rings (SSSR count). The predicted molar refractivity (Wildman–Crippen MR) is 87.4 cm³/mol. The summed E-state index contributed by atoms with van der Waals surface area (Å²) < 4.78 is 2.53. The minimum atomic E-state index is -0.260. The number of hydrazone groups is 1. The van der Waals surface area contributed by atoms with E-state index in [1.165, 1.54) is 0 Å². The Morgan fingerprint density at radius 1 is 1.23 bits per heavy atom. The summed E-state index contributed by atoms with van der Waals surface area (Å²) in [5.41, 5.74) is 4.95. The second-order valence-electron chi connectivity index (χ2n) is 4.58. The van der Waals surface area contributed by atoms with E-state index in [1.807, 2.05) is 48.5 Å². The number of carbonyl (C=O) groups is 1. The van der Waals surface area contributed by atoms with Gasteiger partial charge in [0.25, 0.3) is 5.91 Å². The normalized spacial score (nSPS) is 11.1. The highest BCUT2D eigenvalue weighted by molar-refractivity contribution is 9.10. The van der Waals surface area contributed by atoms with Gasteiger partial charge in [-0.05, 0) is 29.8 Å². The molecule has 7 heteroatoms. The molecule has 0 aliphatic heterocycles. The molecule has 0 saturated heterocycles. The van der Waals surface area contributed by atoms with Crippen molar-refractivity contribution < 1.29 is 4.79 Å². The number of fused-ring (bicyclic) bond motifs is 1. The Morgan fingerprint density at radius 2 is 2.00 bits per heavy atom. The molecule has 0 spiro atoms. The number of halogens is 1. The predicted octanol–water partition coefficient (Wildman–Crippen LogP) is 2.34. The summed E-state index contributed by atoms with van der Waals surface area (Å²) in [6, 6.07) is 15.1. The van der Waals surface area contributed by atoms with E-state index in [2.05, 4.69) is 36.8 Å². The van der Waals surface area contributed by atoms with E-state index in [9.17, 15) is 4.79 Å². The fourth-order valence-electron chi connectivity index (χ4n) is 1.93. The lowest BCUT2D eigenvalue weighted by Crippen LogP contribution is -2.23. The summed E-state index contributed by atoms with van der Waals surface area (Å²) >= 11 is 3.36. The zero-order valence-electron chi connectivity index (χ0n) is 11.5.